The molecule has 2 aromatic carbocycles. The summed E-state index contributed by atoms with van der Waals surface area (Å²) in [4.78, 5) is 26.9. The third-order valence-corrected chi connectivity index (χ3v) is 7.01. The minimum atomic E-state index is -3.85. The lowest BCUT2D eigenvalue weighted by atomic mass is 10.1. The van der Waals surface area contributed by atoms with Crippen LogP contribution in [0.3, 0.4) is 0 Å². The summed E-state index contributed by atoms with van der Waals surface area (Å²) in [6, 6.07) is 16.4. The van der Waals surface area contributed by atoms with Gasteiger partial charge in [-0.05, 0) is 24.6 Å². The van der Waals surface area contributed by atoms with Crippen LogP contribution in [0, 0.1) is 6.92 Å². The quantitative estimate of drug-likeness (QED) is 0.688. The maximum Gasteiger partial charge on any atom is 0.245 e. The standard InChI is InChI=1S/C21H19N3O5S/c1-14-11-19(23-29-14)22-20(25)13-24-16-9-5-6-10-17(16)30(27,28)18(12-21(24)26)15-7-3-2-4-8-15/h2-11,18H,12-13H2,1H3,(H,22,23,25). The first-order valence-electron chi connectivity index (χ1n) is 9.27. The molecule has 9 heteroatoms. The highest BCUT2D eigenvalue weighted by molar-refractivity contribution is 7.92. The van der Waals surface area contributed by atoms with Crippen LogP contribution in [0.1, 0.15) is 23.0 Å². The van der Waals surface area contributed by atoms with Gasteiger partial charge in [-0.3, -0.25) is 9.59 Å². The maximum absolute atomic E-state index is 13.4. The fraction of sp³-hybridized carbons (Fsp3) is 0.190. The van der Waals surface area contributed by atoms with Crippen LogP contribution in [-0.2, 0) is 19.4 Å². The number of hydrogen-bond donors (Lipinski definition) is 1. The summed E-state index contributed by atoms with van der Waals surface area (Å²) in [7, 11) is -3.85. The molecule has 0 fully saturated rings. The van der Waals surface area contributed by atoms with Gasteiger partial charge in [-0.1, -0.05) is 47.6 Å². The number of nitrogens with zero attached hydrogens (tertiary/aromatic N) is 2. The van der Waals surface area contributed by atoms with Gasteiger partial charge in [0.25, 0.3) is 0 Å². The molecule has 1 atom stereocenters. The van der Waals surface area contributed by atoms with Crippen LogP contribution >= 0.6 is 0 Å². The number of rotatable bonds is 4. The van der Waals surface area contributed by atoms with Gasteiger partial charge in [0, 0.05) is 12.5 Å². The van der Waals surface area contributed by atoms with Crippen LogP contribution in [0.15, 0.2) is 70.1 Å². The van der Waals surface area contributed by atoms with E-state index in [0.29, 0.717) is 11.3 Å². The Morgan fingerprint density at radius 3 is 2.57 bits per heavy atom. The molecule has 0 aliphatic carbocycles. The molecule has 1 aromatic heterocycles. The van der Waals surface area contributed by atoms with Crippen LogP contribution in [-0.4, -0.2) is 31.9 Å². The first-order chi connectivity index (χ1) is 14.4. The van der Waals surface area contributed by atoms with E-state index in [0.717, 1.165) is 0 Å². The molecular formula is C21H19N3O5S. The summed E-state index contributed by atoms with van der Waals surface area (Å²) >= 11 is 0. The molecule has 1 unspecified atom stereocenters. The molecule has 30 heavy (non-hydrogen) atoms. The van der Waals surface area contributed by atoms with Gasteiger partial charge >= 0.3 is 0 Å². The maximum atomic E-state index is 13.4. The molecule has 2 heterocycles. The topological polar surface area (TPSA) is 110 Å². The van der Waals surface area contributed by atoms with Crippen LogP contribution in [0.2, 0.25) is 0 Å². The Balaban J connectivity index is 1.70. The van der Waals surface area contributed by atoms with E-state index < -0.39 is 26.9 Å². The minimum Gasteiger partial charge on any atom is -0.360 e. The molecule has 0 bridgehead atoms. The van der Waals surface area contributed by atoms with Gasteiger partial charge in [0.15, 0.2) is 15.7 Å². The first kappa shape index (κ1) is 19.8. The largest absolute Gasteiger partial charge is 0.360 e. The lowest BCUT2D eigenvalue weighted by Gasteiger charge is -2.21. The highest BCUT2D eigenvalue weighted by atomic mass is 32.2. The van der Waals surface area contributed by atoms with Crippen LogP contribution < -0.4 is 10.2 Å². The summed E-state index contributed by atoms with van der Waals surface area (Å²) < 4.78 is 31.7. The molecule has 3 aromatic rings. The van der Waals surface area contributed by atoms with Crippen molar-refractivity contribution in [2.24, 2.45) is 0 Å². The Bertz CT molecular complexity index is 1200. The molecule has 1 aliphatic rings. The van der Waals surface area contributed by atoms with E-state index in [1.54, 1.807) is 55.5 Å². The number of aromatic nitrogens is 1. The zero-order valence-electron chi connectivity index (χ0n) is 16.1. The van der Waals surface area contributed by atoms with Gasteiger partial charge in [-0.15, -0.1) is 0 Å². The number of sulfone groups is 1. The molecule has 0 saturated carbocycles. The number of para-hydroxylation sites is 1. The average molecular weight is 425 g/mol. The molecule has 4 rings (SSSR count). The monoisotopic (exact) mass is 425 g/mol. The van der Waals surface area contributed by atoms with Gasteiger partial charge < -0.3 is 14.7 Å². The van der Waals surface area contributed by atoms with Gasteiger partial charge in [-0.25, -0.2) is 8.42 Å². The molecule has 2 amide bonds. The number of anilines is 2. The SMILES string of the molecule is Cc1cc(NC(=O)CN2C(=O)CC(c3ccccc3)S(=O)(=O)c3ccccc32)no1. The predicted octanol–water partition coefficient (Wildman–Crippen LogP) is 2.87. The summed E-state index contributed by atoms with van der Waals surface area (Å²) in [5, 5.41) is 5.23. The Labute approximate surface area is 173 Å². The van der Waals surface area contributed by atoms with Crippen molar-refractivity contribution in [2.45, 2.75) is 23.5 Å². The Morgan fingerprint density at radius 2 is 1.87 bits per heavy atom. The van der Waals surface area contributed by atoms with Crippen molar-refractivity contribution in [3.8, 4) is 0 Å². The predicted molar refractivity (Wildman–Crippen MR) is 110 cm³/mol. The van der Waals surface area contributed by atoms with Gasteiger partial charge in [0.2, 0.25) is 11.8 Å². The van der Waals surface area contributed by atoms with E-state index in [9.17, 15) is 18.0 Å². The van der Waals surface area contributed by atoms with Gasteiger partial charge in [0.05, 0.1) is 15.8 Å². The number of nitrogens with one attached hydrogen (secondary N) is 1. The molecule has 0 spiro atoms. The second kappa shape index (κ2) is 7.75. The fourth-order valence-electron chi connectivity index (χ4n) is 3.48. The second-order valence-corrected chi connectivity index (χ2v) is 9.07. The lowest BCUT2D eigenvalue weighted by molar-refractivity contribution is -0.121. The van der Waals surface area contributed by atoms with E-state index in [1.165, 1.54) is 17.0 Å². The smallest absolute Gasteiger partial charge is 0.245 e. The van der Waals surface area contributed by atoms with E-state index in [4.69, 9.17) is 4.52 Å². The third kappa shape index (κ3) is 3.71. The van der Waals surface area contributed by atoms with E-state index in [-0.39, 0.29) is 29.4 Å². The first-order valence-corrected chi connectivity index (χ1v) is 10.8. The van der Waals surface area contributed by atoms with Crippen molar-refractivity contribution in [3.63, 3.8) is 0 Å². The van der Waals surface area contributed by atoms with E-state index in [1.807, 2.05) is 0 Å². The minimum absolute atomic E-state index is 0.0229. The molecular weight excluding hydrogens is 406 g/mol. The number of hydrogen-bond acceptors (Lipinski definition) is 6. The molecule has 0 saturated heterocycles. The molecule has 154 valence electrons. The van der Waals surface area contributed by atoms with Crippen LogP contribution in [0.5, 0.6) is 0 Å². The molecule has 8 nitrogen and oxygen atoms in total. The van der Waals surface area contributed by atoms with Crippen LogP contribution in [0.25, 0.3) is 0 Å². The zero-order valence-corrected chi connectivity index (χ0v) is 16.9. The Morgan fingerprint density at radius 1 is 1.17 bits per heavy atom. The lowest BCUT2D eigenvalue weighted by Crippen LogP contribution is -2.38. The second-order valence-electron chi connectivity index (χ2n) is 6.97. The van der Waals surface area contributed by atoms with Gasteiger partial charge in [-0.2, -0.15) is 0 Å². The number of amides is 2. The number of carbonyl (C=O) groups is 2. The molecule has 1 aliphatic heterocycles. The number of benzene rings is 2. The number of fused-ring (bicyclic) bond motifs is 1. The van der Waals surface area contributed by atoms with E-state index in [2.05, 4.69) is 10.5 Å². The van der Waals surface area contributed by atoms with Crippen LogP contribution in [0.4, 0.5) is 11.5 Å². The zero-order chi connectivity index (χ0) is 21.3. The number of carbonyl (C=O) groups excluding carboxylic acids is 2. The Hall–Kier alpha value is -3.46. The van der Waals surface area contributed by atoms with Crippen molar-refractivity contribution < 1.29 is 22.5 Å². The van der Waals surface area contributed by atoms with Crippen molar-refractivity contribution >= 4 is 33.2 Å². The molecule has 0 radical (unpaired) electrons. The van der Waals surface area contributed by atoms with Crippen molar-refractivity contribution in [3.05, 3.63) is 72.0 Å². The van der Waals surface area contributed by atoms with E-state index >= 15 is 0 Å². The normalized spacial score (nSPS) is 17.8. The number of aryl methyl sites for hydroxylation is 1. The summed E-state index contributed by atoms with van der Waals surface area (Å²) in [5.41, 5.74) is 0.720. The van der Waals surface area contributed by atoms with Crippen molar-refractivity contribution in [1.82, 2.24) is 5.16 Å². The summed E-state index contributed by atoms with van der Waals surface area (Å²) in [5.74, 6) is -0.216. The van der Waals surface area contributed by atoms with Crippen molar-refractivity contribution in [2.75, 3.05) is 16.8 Å². The average Bonchev–Trinajstić information content (AvgIpc) is 3.11. The fourth-order valence-corrected chi connectivity index (χ4v) is 5.40. The molecule has 1 N–H and O–H groups in total. The third-order valence-electron chi connectivity index (χ3n) is 4.87. The van der Waals surface area contributed by atoms with Gasteiger partial charge in [0.1, 0.15) is 12.3 Å². The highest BCUT2D eigenvalue weighted by Crippen LogP contribution is 2.40. The summed E-state index contributed by atoms with van der Waals surface area (Å²) in [6.45, 7) is 1.34. The Kier molecular flexibility index (Phi) is 5.13. The van der Waals surface area contributed by atoms with Crippen molar-refractivity contribution in [1.29, 1.82) is 0 Å². The highest BCUT2D eigenvalue weighted by Gasteiger charge is 2.39. The summed E-state index contributed by atoms with van der Waals surface area (Å²) in [6.07, 6.45) is -0.266.